The number of rotatable bonds is 7. The van der Waals surface area contributed by atoms with Crippen LogP contribution in [0.4, 0.5) is 0 Å². The zero-order chi connectivity index (χ0) is 35.9. The quantitative estimate of drug-likeness (QED) is 0.218. The highest BCUT2D eigenvalue weighted by atomic mass is 16.7. The monoisotopic (exact) mass is 693 g/mol. The number of amides is 1. The summed E-state index contributed by atoms with van der Waals surface area (Å²) in [6.07, 6.45) is 4.35. The Hall–Kier alpha value is -1.15. The van der Waals surface area contributed by atoms with Gasteiger partial charge in [0, 0.05) is 12.3 Å². The number of carbonyl (C=O) groups is 1. The van der Waals surface area contributed by atoms with Gasteiger partial charge in [0.05, 0.1) is 48.3 Å². The smallest absolute Gasteiger partial charge is 0.217 e. The predicted octanol–water partition coefficient (Wildman–Crippen LogP) is 3.12. The normalized spacial score (nSPS) is 49.0. The number of nitrogens with one attached hydrogen (secondary N) is 1. The number of hydrogen-bond donors (Lipinski definition) is 6. The van der Waals surface area contributed by atoms with Crippen LogP contribution in [0.25, 0.3) is 0 Å². The van der Waals surface area contributed by atoms with Crippen LogP contribution in [-0.4, -0.2) is 110 Å². The fourth-order valence-electron chi connectivity index (χ4n) is 11.3. The summed E-state index contributed by atoms with van der Waals surface area (Å²) in [6.45, 7) is 15.3. The van der Waals surface area contributed by atoms with Crippen LogP contribution < -0.4 is 5.32 Å². The first-order chi connectivity index (χ1) is 22.7. The molecule has 6 aliphatic rings. The topological polar surface area (TPSA) is 167 Å². The molecule has 3 heterocycles. The van der Waals surface area contributed by atoms with Crippen LogP contribution in [-0.2, 0) is 23.7 Å². The standard InChI is InChI=1S/C38H63NO10/c1-20(41)39-29-31(44)30(43)24(19-40)46-33(29)49-35(4,5)27-13-15-36(6)17-21(9-12-28(36)47-27)22-10-11-25-37(7)16-14-26(34(2,3)45)48-32(37)23(42)18-38(22,25)8/h17,22-33,40,42-45H,9-16,18-19H2,1-8H3,(H,39,41). The fourth-order valence-corrected chi connectivity index (χ4v) is 11.3. The molecule has 0 radical (unpaired) electrons. The van der Waals surface area contributed by atoms with Gasteiger partial charge in [-0.2, -0.15) is 0 Å². The second-order valence-corrected chi connectivity index (χ2v) is 18.3. The first-order valence-corrected chi connectivity index (χ1v) is 18.7. The highest BCUT2D eigenvalue weighted by Gasteiger charge is 2.65. The SMILES string of the molecule is CC(=O)NC1C(OC(C)(C)C2CCC3(C)C=C(C4CCC5C4(C)CC(O)C4OC(C(C)(C)O)CCC45C)CCC3O2)OC(CO)C(O)C1O. The molecule has 6 rings (SSSR count). The maximum absolute atomic E-state index is 12.0. The average Bonchev–Trinajstić information content (AvgIpc) is 3.36. The summed E-state index contributed by atoms with van der Waals surface area (Å²) >= 11 is 0. The maximum atomic E-state index is 12.0. The van der Waals surface area contributed by atoms with Gasteiger partial charge in [-0.25, -0.2) is 0 Å². The Labute approximate surface area is 292 Å². The molecular formula is C38H63NO10. The molecule has 49 heavy (non-hydrogen) atoms. The maximum Gasteiger partial charge on any atom is 0.217 e. The Morgan fingerprint density at radius 2 is 1.63 bits per heavy atom. The van der Waals surface area contributed by atoms with Gasteiger partial charge in [-0.1, -0.05) is 32.4 Å². The Bertz CT molecular complexity index is 1270. The van der Waals surface area contributed by atoms with Crippen LogP contribution in [0.1, 0.15) is 113 Å². The average molecular weight is 694 g/mol. The van der Waals surface area contributed by atoms with Crippen molar-refractivity contribution in [2.75, 3.05) is 6.61 Å². The molecule has 0 aromatic heterocycles. The van der Waals surface area contributed by atoms with Crippen LogP contribution in [0.3, 0.4) is 0 Å². The van der Waals surface area contributed by atoms with Gasteiger partial charge in [0.2, 0.25) is 5.91 Å². The predicted molar refractivity (Wildman–Crippen MR) is 181 cm³/mol. The second kappa shape index (κ2) is 13.1. The molecule has 11 nitrogen and oxygen atoms in total. The first kappa shape index (κ1) is 37.6. The largest absolute Gasteiger partial charge is 0.394 e. The van der Waals surface area contributed by atoms with Crippen molar-refractivity contribution in [3.63, 3.8) is 0 Å². The molecule has 0 aromatic carbocycles. The number of carbonyl (C=O) groups excluding carboxylic acids is 1. The lowest BCUT2D eigenvalue weighted by Gasteiger charge is -2.60. The fraction of sp³-hybridized carbons (Fsp3) is 0.921. The molecule has 15 unspecified atom stereocenters. The minimum atomic E-state index is -1.38. The molecule has 1 amide bonds. The third kappa shape index (κ3) is 6.56. The molecule has 3 aliphatic carbocycles. The lowest BCUT2D eigenvalue weighted by atomic mass is 9.50. The summed E-state index contributed by atoms with van der Waals surface area (Å²) in [6, 6.07) is -1.01. The van der Waals surface area contributed by atoms with E-state index in [1.807, 2.05) is 13.8 Å². The van der Waals surface area contributed by atoms with E-state index in [1.165, 1.54) is 12.5 Å². The number of fused-ring (bicyclic) bond motifs is 4. The summed E-state index contributed by atoms with van der Waals surface area (Å²) in [7, 11) is 0. The molecule has 11 heteroatoms. The van der Waals surface area contributed by atoms with Gasteiger partial charge in [0.15, 0.2) is 6.29 Å². The van der Waals surface area contributed by atoms with Crippen LogP contribution >= 0.6 is 0 Å². The third-order valence-electron chi connectivity index (χ3n) is 13.9. The van der Waals surface area contributed by atoms with Gasteiger partial charge in [0.1, 0.15) is 24.4 Å². The highest BCUT2D eigenvalue weighted by molar-refractivity contribution is 5.73. The highest BCUT2D eigenvalue weighted by Crippen LogP contribution is 2.67. The van der Waals surface area contributed by atoms with E-state index in [0.29, 0.717) is 18.3 Å². The molecule has 0 aromatic rings. The number of hydrogen-bond acceptors (Lipinski definition) is 10. The van der Waals surface area contributed by atoms with E-state index in [9.17, 15) is 30.3 Å². The van der Waals surface area contributed by atoms with E-state index in [-0.39, 0.29) is 40.7 Å². The van der Waals surface area contributed by atoms with Crippen molar-refractivity contribution in [1.82, 2.24) is 5.32 Å². The van der Waals surface area contributed by atoms with E-state index < -0.39 is 60.5 Å². The van der Waals surface area contributed by atoms with Crippen LogP contribution in [0.15, 0.2) is 11.6 Å². The zero-order valence-corrected chi connectivity index (χ0v) is 30.9. The first-order valence-electron chi connectivity index (χ1n) is 18.7. The number of allylic oxidation sites excluding steroid dienone is 1. The molecule has 280 valence electrons. The molecule has 0 spiro atoms. The molecule has 15 atom stereocenters. The van der Waals surface area contributed by atoms with E-state index in [1.54, 1.807) is 13.8 Å². The molecule has 2 saturated carbocycles. The van der Waals surface area contributed by atoms with Crippen LogP contribution in [0, 0.1) is 28.1 Å². The van der Waals surface area contributed by atoms with Crippen LogP contribution in [0.2, 0.25) is 0 Å². The second-order valence-electron chi connectivity index (χ2n) is 18.3. The number of ether oxygens (including phenoxy) is 4. The molecular weight excluding hydrogens is 630 g/mol. The summed E-state index contributed by atoms with van der Waals surface area (Å²) in [4.78, 5) is 12.0. The van der Waals surface area contributed by atoms with Gasteiger partial charge >= 0.3 is 0 Å². The number of aliphatic hydroxyl groups is 5. The summed E-state index contributed by atoms with van der Waals surface area (Å²) in [5, 5.41) is 56.0. The van der Waals surface area contributed by atoms with Gasteiger partial charge < -0.3 is 49.8 Å². The van der Waals surface area contributed by atoms with Crippen molar-refractivity contribution in [2.24, 2.45) is 28.1 Å². The van der Waals surface area contributed by atoms with Crippen molar-refractivity contribution in [1.29, 1.82) is 0 Å². The Morgan fingerprint density at radius 1 is 0.939 bits per heavy atom. The minimum Gasteiger partial charge on any atom is -0.394 e. The van der Waals surface area contributed by atoms with Crippen molar-refractivity contribution >= 4 is 5.91 Å². The van der Waals surface area contributed by atoms with Gasteiger partial charge in [0.25, 0.3) is 0 Å². The molecule has 5 fully saturated rings. The van der Waals surface area contributed by atoms with Gasteiger partial charge in [-0.3, -0.25) is 4.79 Å². The molecule has 6 N–H and O–H groups in total. The van der Waals surface area contributed by atoms with Gasteiger partial charge in [-0.15, -0.1) is 0 Å². The molecule has 0 bridgehead atoms. The minimum absolute atomic E-state index is 0.0109. The van der Waals surface area contributed by atoms with Gasteiger partial charge in [-0.05, 0) is 108 Å². The van der Waals surface area contributed by atoms with Crippen molar-refractivity contribution in [3.8, 4) is 0 Å². The zero-order valence-electron chi connectivity index (χ0n) is 30.9. The van der Waals surface area contributed by atoms with Crippen molar-refractivity contribution < 1.29 is 49.3 Å². The van der Waals surface area contributed by atoms with E-state index in [4.69, 9.17) is 18.9 Å². The molecule has 3 saturated heterocycles. The Kier molecular flexibility index (Phi) is 10.0. The van der Waals surface area contributed by atoms with Crippen molar-refractivity contribution in [3.05, 3.63) is 11.6 Å². The van der Waals surface area contributed by atoms with Crippen molar-refractivity contribution in [2.45, 2.75) is 186 Å². The lowest BCUT2D eigenvalue weighted by Crippen LogP contribution is -2.66. The Morgan fingerprint density at radius 3 is 2.29 bits per heavy atom. The van der Waals surface area contributed by atoms with E-state index in [0.717, 1.165) is 51.4 Å². The lowest BCUT2D eigenvalue weighted by molar-refractivity contribution is -0.315. The van der Waals surface area contributed by atoms with Crippen LogP contribution in [0.5, 0.6) is 0 Å². The summed E-state index contributed by atoms with van der Waals surface area (Å²) in [5.41, 5.74) is -0.619. The number of aliphatic hydroxyl groups excluding tert-OH is 4. The third-order valence-corrected chi connectivity index (χ3v) is 13.9. The molecule has 3 aliphatic heterocycles. The summed E-state index contributed by atoms with van der Waals surface area (Å²) in [5.74, 6) is 0.433. The van der Waals surface area contributed by atoms with E-state index >= 15 is 0 Å². The Balaban J connectivity index is 1.15. The van der Waals surface area contributed by atoms with E-state index in [2.05, 4.69) is 32.2 Å². The summed E-state index contributed by atoms with van der Waals surface area (Å²) < 4.78 is 25.7.